The van der Waals surface area contributed by atoms with E-state index in [0.29, 0.717) is 66.8 Å². The normalized spacial score (nSPS) is 11.7. The van der Waals surface area contributed by atoms with Crippen LogP contribution < -0.4 is 49.1 Å². The van der Waals surface area contributed by atoms with E-state index < -0.39 is 10.1 Å². The average molecular weight is 1490 g/mol. The van der Waals surface area contributed by atoms with Crippen molar-refractivity contribution in [3.05, 3.63) is 293 Å². The minimum atomic E-state index is -3.72. The number of aliphatic hydroxyl groups is 2. The fraction of sp³-hybridized carbons (Fsp3) is 0.187. The highest BCUT2D eigenvalue weighted by Gasteiger charge is 2.10. The molecule has 30 nitrogen and oxygen atoms in total. The van der Waals surface area contributed by atoms with Crippen LogP contribution in [0.4, 0.5) is 74.2 Å². The zero-order chi connectivity index (χ0) is 77.7. The molecule has 1 aliphatic carbocycles. The third-order valence-electron chi connectivity index (χ3n) is 14.3. The van der Waals surface area contributed by atoms with E-state index in [1.165, 1.54) is 43.2 Å². The van der Waals surface area contributed by atoms with Crippen LogP contribution in [0.15, 0.2) is 312 Å². The fourth-order valence-electron chi connectivity index (χ4n) is 8.67. The molecule has 11 rings (SSSR count). The highest BCUT2D eigenvalue weighted by molar-refractivity contribution is 7.85. The van der Waals surface area contributed by atoms with Crippen molar-refractivity contribution in [1.29, 1.82) is 0 Å². The molecule has 0 fully saturated rings. The van der Waals surface area contributed by atoms with Gasteiger partial charge < -0.3 is 60.2 Å². The molecule has 5 aromatic carbocycles. The number of halogens is 1. The van der Waals surface area contributed by atoms with Crippen molar-refractivity contribution in [2.75, 3.05) is 94.4 Å². The summed E-state index contributed by atoms with van der Waals surface area (Å²) < 4.78 is 26.4. The minimum Gasteiger partial charge on any atom is -0.710 e. The Labute approximate surface area is 625 Å². The van der Waals surface area contributed by atoms with Crippen molar-refractivity contribution < 1.29 is 52.2 Å². The number of hydrogen-bond donors (Lipinski definition) is 3. The molecule has 5 aromatic heterocycles. The van der Waals surface area contributed by atoms with E-state index in [4.69, 9.17) is 27.1 Å². The monoisotopic (exact) mass is 1490 g/mol. The standard InChI is InChI=1S/C18H16N4O.C15H18N4O3.C14H15ClN4O.C14H17N4.C13H14N4O.CH4O4S/c1-14-6-5-13-22(23)18(14)21-20-17-11-9-16(10-12-17)19-15-7-3-2-4-8-15;20-10-8-18(9-11-21)15-5-3-13(4-6-15)16-17-14-2-1-7-19(22)12-14;1-10-8-12(18(2)3)5-6-13(10)16-17-14-7-4-11(15)9-19(14)20;1-17(2)13-9-7-12(8-10-13)15-16-14-6-4-5-11-18(14)3;1-16(2)13-7-5-11(6-8-13)14-15-12-4-3-9-17(18)10-12;1-6(3,4)5-2/h2-13,23H,1H3;1-7,12,20-21H,8-11H2;4-9H,1-3H3;4-11H,1-3H3;3-10H,1-2H3;2H,1H3/q;;;+1;;/p-1. The van der Waals surface area contributed by atoms with Gasteiger partial charge in [-0.05, 0) is 193 Å². The van der Waals surface area contributed by atoms with Gasteiger partial charge in [-0.3, -0.25) is 0 Å². The van der Waals surface area contributed by atoms with Crippen LogP contribution in [0.2, 0.25) is 5.02 Å². The van der Waals surface area contributed by atoms with E-state index in [1.807, 2.05) is 246 Å². The molecule has 0 saturated carbocycles. The van der Waals surface area contributed by atoms with Gasteiger partial charge in [0.2, 0.25) is 12.4 Å². The lowest BCUT2D eigenvalue weighted by Gasteiger charge is -2.22. The smallest absolute Gasteiger partial charge is 0.353 e. The van der Waals surface area contributed by atoms with Gasteiger partial charge in [0.1, 0.15) is 17.6 Å². The number of hydrogen-bond acceptors (Lipinski definition) is 25. The number of aromatic nitrogens is 5. The van der Waals surface area contributed by atoms with E-state index in [0.717, 1.165) is 72.9 Å². The van der Waals surface area contributed by atoms with Gasteiger partial charge >= 0.3 is 11.6 Å². The SMILES string of the molecule is CN(C)c1ccc(N=Nc2ccc[n+]([O-])c2)cc1.CN(C)c1ccc(N=Nc2cccc[n+]2C)cc1.CS(=O)(=O)O[O-].Cc1cc(N(C)C)ccc1N=Nc1ccc(Cl)c[n+]1[O-].Cc1cccn(O)c1=NN=C1C=CC(=Nc2ccccc2)C=C1.[O-][n+]1cccc(N=Nc2ccc(N(CCO)CCO)cc2)c1. The number of allylic oxidation sites excluding steroid dienone is 4. The molecule has 0 saturated heterocycles. The Morgan fingerprint density at radius 3 is 1.42 bits per heavy atom. The van der Waals surface area contributed by atoms with Gasteiger partial charge in [-0.15, -0.1) is 20.4 Å². The van der Waals surface area contributed by atoms with Gasteiger partial charge in [0.05, 0.1) is 76.5 Å². The van der Waals surface area contributed by atoms with E-state index >= 15 is 0 Å². The van der Waals surface area contributed by atoms with Gasteiger partial charge in [0.25, 0.3) is 10.1 Å². The number of rotatable bonds is 19. The number of pyridine rings is 5. The molecule has 0 unspecified atom stereocenters. The molecule has 556 valence electrons. The summed E-state index contributed by atoms with van der Waals surface area (Å²) in [4.78, 5) is 12.5. The molecule has 0 atom stereocenters. The van der Waals surface area contributed by atoms with Crippen molar-refractivity contribution in [2.45, 2.75) is 13.8 Å². The van der Waals surface area contributed by atoms with Gasteiger partial charge in [0, 0.05) is 109 Å². The topological polar surface area (TPSA) is 366 Å². The predicted molar refractivity (Wildman–Crippen MR) is 413 cm³/mol. The second kappa shape index (κ2) is 43.5. The van der Waals surface area contributed by atoms with Gasteiger partial charge in [-0.2, -0.15) is 24.4 Å². The molecule has 107 heavy (non-hydrogen) atoms. The van der Waals surface area contributed by atoms with Crippen molar-refractivity contribution in [3.8, 4) is 0 Å². The highest BCUT2D eigenvalue weighted by atomic mass is 35.5. The second-order valence-electron chi connectivity index (χ2n) is 23.3. The summed E-state index contributed by atoms with van der Waals surface area (Å²) in [7, 11) is 10.2. The van der Waals surface area contributed by atoms with E-state index in [1.54, 1.807) is 48.5 Å². The first kappa shape index (κ1) is 83.3. The molecule has 3 N–H and O–H groups in total. The molecule has 10 aromatic rings. The van der Waals surface area contributed by atoms with Crippen LogP contribution in [-0.4, -0.2) is 115 Å². The summed E-state index contributed by atoms with van der Waals surface area (Å²) in [6, 6.07) is 57.8. The molecular formula is C75H83ClN20O10S. The van der Waals surface area contributed by atoms with Gasteiger partial charge in [-0.25, -0.2) is 22.7 Å². The quantitative estimate of drug-likeness (QED) is 0.0129. The Balaban J connectivity index is 0.000000206. The number of para-hydroxylation sites is 1. The Bertz CT molecular complexity index is 4860. The number of benzene rings is 5. The number of azo groups is 4. The summed E-state index contributed by atoms with van der Waals surface area (Å²) >= 11 is 5.71. The van der Waals surface area contributed by atoms with Crippen LogP contribution in [0.25, 0.3) is 0 Å². The lowest BCUT2D eigenvalue weighted by atomic mass is 10.1. The van der Waals surface area contributed by atoms with Crippen LogP contribution in [-0.2, 0) is 21.5 Å². The maximum atomic E-state index is 11.6. The molecule has 0 spiro atoms. The zero-order valence-electron chi connectivity index (χ0n) is 60.5. The number of aryl methyl sites for hydroxylation is 3. The molecule has 0 radical (unpaired) electrons. The van der Waals surface area contributed by atoms with Crippen molar-refractivity contribution >= 4 is 107 Å². The molecule has 32 heteroatoms. The number of aliphatic hydroxyl groups excluding tert-OH is 2. The number of nitrogens with zero attached hydrogens (tertiary/aromatic N) is 20. The van der Waals surface area contributed by atoms with E-state index in [9.17, 15) is 29.2 Å². The summed E-state index contributed by atoms with van der Waals surface area (Å²) in [5.41, 5.74) is 12.9. The van der Waals surface area contributed by atoms with Crippen molar-refractivity contribution in [1.82, 2.24) is 4.73 Å². The third kappa shape index (κ3) is 30.3. The number of anilines is 4. The van der Waals surface area contributed by atoms with E-state index in [2.05, 4.69) is 65.3 Å². The molecule has 5 heterocycles. The zero-order valence-corrected chi connectivity index (χ0v) is 62.1. The second-order valence-corrected chi connectivity index (χ2v) is 25.3. The maximum absolute atomic E-state index is 11.6. The van der Waals surface area contributed by atoms with Gasteiger partial charge in [-0.1, -0.05) is 41.9 Å². The predicted octanol–water partition coefficient (Wildman–Crippen LogP) is 12.5. The lowest BCUT2D eigenvalue weighted by molar-refractivity contribution is -0.658. The first-order valence-corrected chi connectivity index (χ1v) is 34.8. The van der Waals surface area contributed by atoms with E-state index in [-0.39, 0.29) is 19.0 Å². The lowest BCUT2D eigenvalue weighted by Crippen LogP contribution is -2.29. The minimum absolute atomic E-state index is 0.0185. The molecule has 1 aliphatic rings. The van der Waals surface area contributed by atoms with Crippen molar-refractivity contribution in [2.24, 2.45) is 63.2 Å². The first-order chi connectivity index (χ1) is 51.3. The Kier molecular flexibility index (Phi) is 33.8. The average Bonchev–Trinajstić information content (AvgIpc) is 0.858. The highest BCUT2D eigenvalue weighted by Crippen LogP contribution is 2.27. The largest absolute Gasteiger partial charge is 0.710 e. The van der Waals surface area contributed by atoms with Crippen molar-refractivity contribution in [3.63, 3.8) is 0 Å². The van der Waals surface area contributed by atoms with Crippen LogP contribution in [0.5, 0.6) is 0 Å². The van der Waals surface area contributed by atoms with Crippen LogP contribution in [0.3, 0.4) is 0 Å². The van der Waals surface area contributed by atoms with Gasteiger partial charge in [0.15, 0.2) is 29.3 Å². The maximum Gasteiger partial charge on any atom is 0.353 e. The first-order valence-electron chi connectivity index (χ1n) is 32.6. The Morgan fingerprint density at radius 2 is 0.953 bits per heavy atom. The summed E-state index contributed by atoms with van der Waals surface area (Å²) in [5, 5.41) is 112. The molecule has 0 aliphatic heterocycles. The fourth-order valence-corrected chi connectivity index (χ4v) is 8.82. The summed E-state index contributed by atoms with van der Waals surface area (Å²) in [5.74, 6) is 1.03. The number of aliphatic imine (C=N–C) groups is 1. The molecule has 0 bridgehead atoms. The summed E-state index contributed by atoms with van der Waals surface area (Å²) in [6.07, 6.45) is 18.3. The Hall–Kier alpha value is -12.7. The summed E-state index contributed by atoms with van der Waals surface area (Å²) in [6.45, 7) is 4.76. The van der Waals surface area contributed by atoms with Crippen LogP contribution in [0, 0.1) is 29.5 Å². The molecule has 0 amide bonds. The van der Waals surface area contributed by atoms with Crippen LogP contribution >= 0.6 is 11.6 Å². The Morgan fingerprint density at radius 1 is 0.486 bits per heavy atom. The third-order valence-corrected chi connectivity index (χ3v) is 14.7. The molecular weight excluding hydrogens is 1410 g/mol. The van der Waals surface area contributed by atoms with Crippen LogP contribution in [0.1, 0.15) is 11.1 Å².